The van der Waals surface area contributed by atoms with Gasteiger partial charge in [-0.25, -0.2) is 4.79 Å². The lowest BCUT2D eigenvalue weighted by Gasteiger charge is -2.25. The second kappa shape index (κ2) is 16.7. The van der Waals surface area contributed by atoms with Crippen LogP contribution in [0.1, 0.15) is 44.1 Å². The topological polar surface area (TPSA) is 257 Å². The van der Waals surface area contributed by atoms with E-state index in [1.165, 1.54) is 0 Å². The van der Waals surface area contributed by atoms with Crippen LogP contribution in [0.4, 0.5) is 0 Å². The van der Waals surface area contributed by atoms with Gasteiger partial charge in [0.2, 0.25) is 23.6 Å². The molecule has 0 aliphatic heterocycles. The van der Waals surface area contributed by atoms with Gasteiger partial charge in [0.25, 0.3) is 0 Å². The first kappa shape index (κ1) is 32.0. The van der Waals surface area contributed by atoms with Crippen molar-refractivity contribution in [2.75, 3.05) is 6.54 Å². The summed E-state index contributed by atoms with van der Waals surface area (Å²) in [6.07, 6.45) is 0.00257. The summed E-state index contributed by atoms with van der Waals surface area (Å²) in [5.74, 6) is -5.97. The lowest BCUT2D eigenvalue weighted by molar-refractivity contribution is -0.147. The number of amides is 4. The Morgan fingerprint density at radius 3 is 1.92 bits per heavy atom. The van der Waals surface area contributed by atoms with Crippen LogP contribution in [0.15, 0.2) is 30.3 Å². The summed E-state index contributed by atoms with van der Waals surface area (Å²) in [5.41, 5.74) is 17.1. The van der Waals surface area contributed by atoms with Crippen molar-refractivity contribution in [2.45, 2.75) is 69.1 Å². The standard InChI is InChI=1S/C24H36N6O8/c25-11-5-4-8-16(22(35)30-18(24(37)38)13-20(32)33)28-23(36)17(12-14-6-2-1-3-7-14)29-21(34)15(26)9-10-19(27)31/h1-3,6-7,15-18H,4-5,8-13,25-26H2,(H2,27,31)(H,28,36)(H,29,34)(H,30,35)(H,32,33)(H,37,38). The summed E-state index contributed by atoms with van der Waals surface area (Å²) in [6, 6.07) is 3.46. The molecule has 14 nitrogen and oxygen atoms in total. The van der Waals surface area contributed by atoms with Gasteiger partial charge in [-0.2, -0.15) is 0 Å². The maximum absolute atomic E-state index is 13.3. The lowest BCUT2D eigenvalue weighted by Crippen LogP contribution is -2.57. The first-order valence-corrected chi connectivity index (χ1v) is 12.1. The minimum absolute atomic E-state index is 0.0366. The Kier molecular flexibility index (Phi) is 14.0. The van der Waals surface area contributed by atoms with E-state index in [1.54, 1.807) is 30.3 Å². The largest absolute Gasteiger partial charge is 0.481 e. The van der Waals surface area contributed by atoms with E-state index in [0.29, 0.717) is 24.9 Å². The van der Waals surface area contributed by atoms with Gasteiger partial charge in [-0.1, -0.05) is 30.3 Å². The summed E-state index contributed by atoms with van der Waals surface area (Å²) in [5, 5.41) is 25.4. The zero-order chi connectivity index (χ0) is 28.7. The molecule has 0 saturated carbocycles. The molecule has 0 fully saturated rings. The summed E-state index contributed by atoms with van der Waals surface area (Å²) in [7, 11) is 0. The number of carbonyl (C=O) groups is 6. The van der Waals surface area contributed by atoms with Crippen LogP contribution in [0.25, 0.3) is 0 Å². The first-order valence-electron chi connectivity index (χ1n) is 12.1. The van der Waals surface area contributed by atoms with Crippen molar-refractivity contribution < 1.29 is 39.0 Å². The van der Waals surface area contributed by atoms with E-state index < -0.39 is 66.2 Å². The number of aliphatic carboxylic acids is 2. The quantitative estimate of drug-likeness (QED) is 0.0953. The van der Waals surface area contributed by atoms with Crippen molar-refractivity contribution >= 4 is 35.6 Å². The molecule has 14 heteroatoms. The fraction of sp³-hybridized carbons (Fsp3) is 0.500. The van der Waals surface area contributed by atoms with Crippen molar-refractivity contribution in [3.05, 3.63) is 35.9 Å². The van der Waals surface area contributed by atoms with E-state index in [1.807, 2.05) is 0 Å². The van der Waals surface area contributed by atoms with E-state index in [9.17, 15) is 33.9 Å². The van der Waals surface area contributed by atoms with Crippen LogP contribution in [0.2, 0.25) is 0 Å². The van der Waals surface area contributed by atoms with Crippen molar-refractivity contribution in [3.63, 3.8) is 0 Å². The number of primary amides is 1. The Bertz CT molecular complexity index is 974. The van der Waals surface area contributed by atoms with Gasteiger partial charge in [0, 0.05) is 12.8 Å². The molecule has 1 rings (SSSR count). The minimum atomic E-state index is -1.71. The molecule has 0 bridgehead atoms. The number of benzene rings is 1. The molecule has 210 valence electrons. The van der Waals surface area contributed by atoms with Gasteiger partial charge in [0.05, 0.1) is 12.5 Å². The Morgan fingerprint density at radius 2 is 1.37 bits per heavy atom. The maximum Gasteiger partial charge on any atom is 0.326 e. The number of rotatable bonds is 18. The number of carbonyl (C=O) groups excluding carboxylic acids is 4. The van der Waals surface area contributed by atoms with Gasteiger partial charge in [0.1, 0.15) is 18.1 Å². The molecule has 1 aromatic rings. The molecule has 4 amide bonds. The zero-order valence-corrected chi connectivity index (χ0v) is 20.9. The zero-order valence-electron chi connectivity index (χ0n) is 20.9. The molecule has 0 saturated heterocycles. The summed E-state index contributed by atoms with van der Waals surface area (Å²) < 4.78 is 0. The number of carboxylic acid groups (broad SMARTS) is 2. The molecule has 4 atom stereocenters. The van der Waals surface area contributed by atoms with Crippen LogP contribution in [-0.4, -0.2) is 76.5 Å². The third-order valence-electron chi connectivity index (χ3n) is 5.53. The van der Waals surface area contributed by atoms with E-state index >= 15 is 0 Å². The second-order valence-electron chi connectivity index (χ2n) is 8.71. The SMILES string of the molecule is NCCCCC(NC(=O)C(Cc1ccccc1)NC(=O)C(N)CCC(N)=O)C(=O)NC(CC(=O)O)C(=O)O. The molecule has 0 aliphatic rings. The molecule has 0 aliphatic carbocycles. The van der Waals surface area contributed by atoms with Crippen molar-refractivity contribution in [1.82, 2.24) is 16.0 Å². The van der Waals surface area contributed by atoms with Crippen LogP contribution in [0, 0.1) is 0 Å². The third kappa shape index (κ3) is 12.3. The summed E-state index contributed by atoms with van der Waals surface area (Å²) in [4.78, 5) is 72.2. The molecule has 0 spiro atoms. The molecule has 1 aromatic carbocycles. The van der Waals surface area contributed by atoms with Gasteiger partial charge in [-0.15, -0.1) is 0 Å². The van der Waals surface area contributed by atoms with Crippen LogP contribution in [0.5, 0.6) is 0 Å². The molecular formula is C24H36N6O8. The summed E-state index contributed by atoms with van der Waals surface area (Å²) >= 11 is 0. The molecule has 0 radical (unpaired) electrons. The highest BCUT2D eigenvalue weighted by Crippen LogP contribution is 2.08. The van der Waals surface area contributed by atoms with Gasteiger partial charge in [-0.3, -0.25) is 24.0 Å². The lowest BCUT2D eigenvalue weighted by atomic mass is 10.0. The van der Waals surface area contributed by atoms with Crippen LogP contribution >= 0.6 is 0 Å². The minimum Gasteiger partial charge on any atom is -0.481 e. The molecular weight excluding hydrogens is 500 g/mol. The first-order chi connectivity index (χ1) is 17.9. The van der Waals surface area contributed by atoms with Gasteiger partial charge >= 0.3 is 11.9 Å². The van der Waals surface area contributed by atoms with Crippen molar-refractivity contribution in [3.8, 4) is 0 Å². The molecule has 4 unspecified atom stereocenters. The predicted octanol–water partition coefficient (Wildman–Crippen LogP) is -2.04. The Hall–Kier alpha value is -4.04. The second-order valence-corrected chi connectivity index (χ2v) is 8.71. The van der Waals surface area contributed by atoms with Crippen LogP contribution in [-0.2, 0) is 35.2 Å². The predicted molar refractivity (Wildman–Crippen MR) is 135 cm³/mol. The highest BCUT2D eigenvalue weighted by molar-refractivity contribution is 5.94. The van der Waals surface area contributed by atoms with Gasteiger partial charge in [0.15, 0.2) is 0 Å². The van der Waals surface area contributed by atoms with Gasteiger partial charge < -0.3 is 43.4 Å². The maximum atomic E-state index is 13.3. The molecule has 0 aromatic heterocycles. The fourth-order valence-corrected chi connectivity index (χ4v) is 3.45. The number of hydrogen-bond donors (Lipinski definition) is 8. The summed E-state index contributed by atoms with van der Waals surface area (Å²) in [6.45, 7) is 0.314. The third-order valence-corrected chi connectivity index (χ3v) is 5.53. The monoisotopic (exact) mass is 536 g/mol. The van der Waals surface area contributed by atoms with Gasteiger partial charge in [-0.05, 0) is 37.8 Å². The average Bonchev–Trinajstić information content (AvgIpc) is 2.85. The van der Waals surface area contributed by atoms with Crippen molar-refractivity contribution in [1.29, 1.82) is 0 Å². The van der Waals surface area contributed by atoms with E-state index in [4.69, 9.17) is 22.3 Å². The Morgan fingerprint density at radius 1 is 0.789 bits per heavy atom. The number of carboxylic acids is 2. The fourth-order valence-electron chi connectivity index (χ4n) is 3.45. The number of nitrogens with two attached hydrogens (primary N) is 3. The number of hydrogen-bond acceptors (Lipinski definition) is 8. The van der Waals surface area contributed by atoms with Crippen LogP contribution < -0.4 is 33.2 Å². The van der Waals surface area contributed by atoms with Crippen molar-refractivity contribution in [2.24, 2.45) is 17.2 Å². The highest BCUT2D eigenvalue weighted by Gasteiger charge is 2.31. The molecule has 0 heterocycles. The Balaban J connectivity index is 3.10. The van der Waals surface area contributed by atoms with E-state index in [-0.39, 0.29) is 25.7 Å². The van der Waals surface area contributed by atoms with E-state index in [2.05, 4.69) is 16.0 Å². The highest BCUT2D eigenvalue weighted by atomic mass is 16.4. The normalized spacial score (nSPS) is 13.8. The van der Waals surface area contributed by atoms with E-state index in [0.717, 1.165) is 0 Å². The number of nitrogens with one attached hydrogen (secondary N) is 3. The van der Waals surface area contributed by atoms with Crippen LogP contribution in [0.3, 0.4) is 0 Å². The molecule has 11 N–H and O–H groups in total. The Labute approximate surface area is 219 Å². The average molecular weight is 537 g/mol. The smallest absolute Gasteiger partial charge is 0.326 e. The molecule has 38 heavy (non-hydrogen) atoms. The number of unbranched alkanes of at least 4 members (excludes halogenated alkanes) is 1.